The van der Waals surface area contributed by atoms with E-state index in [0.29, 0.717) is 11.5 Å². The largest absolute Gasteiger partial charge is 0.382 e. The first-order valence-electron chi connectivity index (χ1n) is 2.99. The summed E-state index contributed by atoms with van der Waals surface area (Å²) in [5, 5.41) is 14.4. The van der Waals surface area contributed by atoms with Crippen molar-refractivity contribution in [3.8, 4) is 17.9 Å². The van der Waals surface area contributed by atoms with Crippen molar-refractivity contribution in [2.24, 2.45) is 0 Å². The van der Waals surface area contributed by atoms with Gasteiger partial charge in [-0.2, -0.15) is 10.4 Å². The Hall–Kier alpha value is -1.94. The molecule has 0 saturated heterocycles. The Bertz CT molecular complexity index is 333. The van der Waals surface area contributed by atoms with E-state index in [0.717, 1.165) is 0 Å². The number of nitrogen functional groups attached to an aromatic ring is 1. The predicted octanol–water partition coefficient (Wildman–Crippen LogP) is 0.257. The molecule has 0 fully saturated rings. The van der Waals surface area contributed by atoms with E-state index in [2.05, 4.69) is 22.0 Å². The van der Waals surface area contributed by atoms with E-state index in [-0.39, 0.29) is 6.42 Å². The molecule has 0 bridgehead atoms. The van der Waals surface area contributed by atoms with E-state index in [1.54, 1.807) is 6.07 Å². The molecule has 4 nitrogen and oxygen atoms in total. The Balaban J connectivity index is 2.68. The van der Waals surface area contributed by atoms with Gasteiger partial charge in [0.25, 0.3) is 0 Å². The number of nitrogens with zero attached hydrogens (tertiary/aromatic N) is 2. The summed E-state index contributed by atoms with van der Waals surface area (Å²) in [6.45, 7) is 0. The average molecular weight is 146 g/mol. The van der Waals surface area contributed by atoms with Crippen molar-refractivity contribution in [2.75, 3.05) is 5.73 Å². The van der Waals surface area contributed by atoms with Crippen LogP contribution < -0.4 is 5.73 Å². The van der Waals surface area contributed by atoms with Gasteiger partial charge >= 0.3 is 0 Å². The standard InChI is InChI=1S/C7H6N4/c8-4-2-1-3-6-5-7(9)11-10-6/h5H,2H2,(H3,9,10,11). The number of hydrogen-bond donors (Lipinski definition) is 2. The molecule has 0 aliphatic heterocycles. The van der Waals surface area contributed by atoms with Crippen molar-refractivity contribution in [3.05, 3.63) is 11.8 Å². The van der Waals surface area contributed by atoms with Gasteiger partial charge in [-0.15, -0.1) is 0 Å². The summed E-state index contributed by atoms with van der Waals surface area (Å²) in [4.78, 5) is 0. The fraction of sp³-hybridized carbons (Fsp3) is 0.143. The van der Waals surface area contributed by atoms with Crippen LogP contribution in [0.5, 0.6) is 0 Å². The molecule has 0 aliphatic carbocycles. The van der Waals surface area contributed by atoms with Gasteiger partial charge in [-0.3, -0.25) is 5.10 Å². The fourth-order valence-electron chi connectivity index (χ4n) is 0.580. The molecule has 0 spiro atoms. The first-order valence-corrected chi connectivity index (χ1v) is 2.99. The van der Waals surface area contributed by atoms with Crippen LogP contribution in [0, 0.1) is 23.2 Å². The number of nitriles is 1. The Kier molecular flexibility index (Phi) is 2.14. The summed E-state index contributed by atoms with van der Waals surface area (Å²) in [6.07, 6.45) is 0.221. The van der Waals surface area contributed by atoms with Crippen molar-refractivity contribution in [1.82, 2.24) is 10.2 Å². The summed E-state index contributed by atoms with van der Waals surface area (Å²) in [5.74, 6) is 5.73. The van der Waals surface area contributed by atoms with Gasteiger partial charge in [-0.1, -0.05) is 5.92 Å². The zero-order chi connectivity index (χ0) is 8.10. The van der Waals surface area contributed by atoms with Gasteiger partial charge in [-0.05, 0) is 5.92 Å². The molecule has 1 rings (SSSR count). The van der Waals surface area contributed by atoms with E-state index in [4.69, 9.17) is 11.0 Å². The molecule has 11 heavy (non-hydrogen) atoms. The molecule has 0 atom stereocenters. The van der Waals surface area contributed by atoms with Crippen molar-refractivity contribution >= 4 is 5.82 Å². The lowest BCUT2D eigenvalue weighted by Gasteiger charge is -1.72. The van der Waals surface area contributed by atoms with Gasteiger partial charge in [0.05, 0.1) is 12.5 Å². The maximum absolute atomic E-state index is 8.15. The van der Waals surface area contributed by atoms with E-state index >= 15 is 0 Å². The van der Waals surface area contributed by atoms with Gasteiger partial charge in [0, 0.05) is 6.07 Å². The Morgan fingerprint density at radius 3 is 3.09 bits per heavy atom. The van der Waals surface area contributed by atoms with Crippen molar-refractivity contribution in [1.29, 1.82) is 5.26 Å². The first kappa shape index (κ1) is 7.17. The number of nitrogens with two attached hydrogens (primary N) is 1. The zero-order valence-corrected chi connectivity index (χ0v) is 5.76. The molecule has 0 unspecified atom stereocenters. The van der Waals surface area contributed by atoms with Gasteiger partial charge in [0.15, 0.2) is 0 Å². The molecular weight excluding hydrogens is 140 g/mol. The second-order valence-corrected chi connectivity index (χ2v) is 1.84. The Morgan fingerprint density at radius 2 is 2.55 bits per heavy atom. The van der Waals surface area contributed by atoms with Crippen LogP contribution in [0.25, 0.3) is 0 Å². The van der Waals surface area contributed by atoms with Crippen LogP contribution in [0.3, 0.4) is 0 Å². The highest BCUT2D eigenvalue weighted by Crippen LogP contribution is 1.97. The second kappa shape index (κ2) is 3.28. The van der Waals surface area contributed by atoms with Gasteiger partial charge in [-0.25, -0.2) is 0 Å². The zero-order valence-electron chi connectivity index (χ0n) is 5.76. The Morgan fingerprint density at radius 1 is 1.73 bits per heavy atom. The van der Waals surface area contributed by atoms with E-state index < -0.39 is 0 Å². The van der Waals surface area contributed by atoms with Crippen LogP contribution in [0.4, 0.5) is 5.82 Å². The van der Waals surface area contributed by atoms with Gasteiger partial charge in [0.1, 0.15) is 11.5 Å². The molecule has 54 valence electrons. The van der Waals surface area contributed by atoms with Crippen molar-refractivity contribution in [2.45, 2.75) is 6.42 Å². The van der Waals surface area contributed by atoms with Crippen LogP contribution in [0.1, 0.15) is 12.1 Å². The van der Waals surface area contributed by atoms with Crippen LogP contribution >= 0.6 is 0 Å². The second-order valence-electron chi connectivity index (χ2n) is 1.84. The first-order chi connectivity index (χ1) is 5.33. The quantitative estimate of drug-likeness (QED) is 0.515. The number of H-pyrrole nitrogens is 1. The minimum absolute atomic E-state index is 0.221. The minimum Gasteiger partial charge on any atom is -0.382 e. The van der Waals surface area contributed by atoms with Crippen LogP contribution in [0.15, 0.2) is 6.07 Å². The third kappa shape index (κ3) is 2.04. The topological polar surface area (TPSA) is 78.5 Å². The summed E-state index contributed by atoms with van der Waals surface area (Å²) in [5.41, 5.74) is 5.94. The normalized spacial score (nSPS) is 7.91. The van der Waals surface area contributed by atoms with Gasteiger partial charge in [0.2, 0.25) is 0 Å². The highest BCUT2D eigenvalue weighted by atomic mass is 15.1. The fourth-order valence-corrected chi connectivity index (χ4v) is 0.580. The van der Waals surface area contributed by atoms with Crippen LogP contribution in [0.2, 0.25) is 0 Å². The van der Waals surface area contributed by atoms with Gasteiger partial charge < -0.3 is 5.73 Å². The molecule has 0 saturated carbocycles. The average Bonchev–Trinajstić information content (AvgIpc) is 2.37. The van der Waals surface area contributed by atoms with Crippen LogP contribution in [-0.2, 0) is 0 Å². The third-order valence-electron chi connectivity index (χ3n) is 0.988. The molecule has 0 aliphatic rings. The summed E-state index contributed by atoms with van der Waals surface area (Å²) in [6, 6.07) is 3.52. The molecule has 1 aromatic rings. The molecule has 1 heterocycles. The van der Waals surface area contributed by atoms with E-state index in [1.807, 2.05) is 6.07 Å². The molecule has 0 aromatic carbocycles. The lowest BCUT2D eigenvalue weighted by atomic mass is 10.4. The van der Waals surface area contributed by atoms with Crippen molar-refractivity contribution in [3.63, 3.8) is 0 Å². The monoisotopic (exact) mass is 146 g/mol. The molecular formula is C7H6N4. The molecule has 0 radical (unpaired) electrons. The number of hydrogen-bond acceptors (Lipinski definition) is 3. The number of rotatable bonds is 0. The molecule has 3 N–H and O–H groups in total. The Labute approximate surface area is 64.0 Å². The maximum atomic E-state index is 8.15. The molecule has 0 amide bonds. The number of aromatic nitrogens is 2. The van der Waals surface area contributed by atoms with E-state index in [9.17, 15) is 0 Å². The minimum atomic E-state index is 0.221. The number of anilines is 1. The highest BCUT2D eigenvalue weighted by molar-refractivity contribution is 5.37. The smallest absolute Gasteiger partial charge is 0.146 e. The lowest BCUT2D eigenvalue weighted by Crippen LogP contribution is -1.81. The van der Waals surface area contributed by atoms with E-state index in [1.165, 1.54) is 0 Å². The summed E-state index contributed by atoms with van der Waals surface area (Å²) >= 11 is 0. The third-order valence-corrected chi connectivity index (χ3v) is 0.988. The highest BCUT2D eigenvalue weighted by Gasteiger charge is 1.89. The molecule has 4 heteroatoms. The summed E-state index contributed by atoms with van der Waals surface area (Å²) < 4.78 is 0. The SMILES string of the molecule is N#CCC#Cc1cc(N)n[nH]1. The number of aromatic amines is 1. The van der Waals surface area contributed by atoms with Crippen molar-refractivity contribution < 1.29 is 0 Å². The van der Waals surface area contributed by atoms with Crippen LogP contribution in [-0.4, -0.2) is 10.2 Å². The lowest BCUT2D eigenvalue weighted by molar-refractivity contribution is 1.08. The summed E-state index contributed by atoms with van der Waals surface area (Å²) in [7, 11) is 0. The molecule has 1 aromatic heterocycles. The number of nitrogens with one attached hydrogen (secondary N) is 1. The predicted molar refractivity (Wildman–Crippen MR) is 40.1 cm³/mol. The maximum Gasteiger partial charge on any atom is 0.146 e.